The Labute approximate surface area is 175 Å². The van der Waals surface area contributed by atoms with E-state index >= 15 is 0 Å². The van der Waals surface area contributed by atoms with Crippen molar-refractivity contribution in [3.05, 3.63) is 12.2 Å². The fourth-order valence-electron chi connectivity index (χ4n) is 2.35. The first-order valence-corrected chi connectivity index (χ1v) is 10.6. The van der Waals surface area contributed by atoms with Crippen LogP contribution < -0.4 is 0 Å². The molecular weight excluding hydrogens is 369 g/mol. The van der Waals surface area contributed by atoms with Crippen molar-refractivity contribution in [1.29, 1.82) is 0 Å². The summed E-state index contributed by atoms with van der Waals surface area (Å²) in [5, 5.41) is 8.51. The van der Waals surface area contributed by atoms with Crippen LogP contribution in [-0.2, 0) is 15.2 Å². The zero-order chi connectivity index (χ0) is 19.4. The Morgan fingerprint density at radius 2 is 1.15 bits per heavy atom. The van der Waals surface area contributed by atoms with Crippen LogP contribution in [0.4, 0.5) is 0 Å². The van der Waals surface area contributed by atoms with Crippen LogP contribution in [0.3, 0.4) is 0 Å². The van der Waals surface area contributed by atoms with E-state index in [1.54, 1.807) is 0 Å². The average Bonchev–Trinajstić information content (AvgIpc) is 2.49. The SMILES string of the molecule is CCCCCCCCC=CCCCCCCCC(=O)O.O=S(=O)([O-])[O-].[Mg+2]. The summed E-state index contributed by atoms with van der Waals surface area (Å²) in [4.78, 5) is 10.3. The number of rotatable bonds is 15. The van der Waals surface area contributed by atoms with Crippen LogP contribution in [0.15, 0.2) is 12.2 Å². The van der Waals surface area contributed by atoms with Gasteiger partial charge in [0, 0.05) is 16.8 Å². The molecule has 0 saturated carbocycles. The summed E-state index contributed by atoms with van der Waals surface area (Å²) in [6.07, 6.45) is 21.2. The average molecular weight is 403 g/mol. The van der Waals surface area contributed by atoms with Crippen LogP contribution in [0, 0.1) is 0 Å². The number of carboxylic acid groups (broad SMARTS) is 1. The molecular formula is C18H34MgO6S. The van der Waals surface area contributed by atoms with Crippen molar-refractivity contribution >= 4 is 39.4 Å². The van der Waals surface area contributed by atoms with E-state index < -0.39 is 16.4 Å². The number of unbranched alkanes of at least 4 members (excludes halogenated alkanes) is 11. The molecule has 8 heteroatoms. The number of allylic oxidation sites excluding steroid dienone is 2. The molecule has 6 nitrogen and oxygen atoms in total. The molecule has 0 bridgehead atoms. The number of hydrogen-bond donors (Lipinski definition) is 1. The Hall–Kier alpha value is -0.154. The first-order chi connectivity index (χ1) is 11.8. The van der Waals surface area contributed by atoms with Gasteiger partial charge in [-0.15, -0.1) is 0 Å². The van der Waals surface area contributed by atoms with E-state index in [-0.39, 0.29) is 23.1 Å². The van der Waals surface area contributed by atoms with Crippen LogP contribution in [0.1, 0.15) is 96.8 Å². The zero-order valence-electron chi connectivity index (χ0n) is 16.2. The molecule has 0 aromatic heterocycles. The van der Waals surface area contributed by atoms with Gasteiger partial charge in [-0.2, -0.15) is 0 Å². The van der Waals surface area contributed by atoms with Gasteiger partial charge in [0.2, 0.25) is 0 Å². The van der Waals surface area contributed by atoms with E-state index in [0.29, 0.717) is 6.42 Å². The molecule has 0 aromatic carbocycles. The first-order valence-electron chi connectivity index (χ1n) is 9.30. The molecule has 150 valence electrons. The normalized spacial score (nSPS) is 10.9. The van der Waals surface area contributed by atoms with E-state index in [0.717, 1.165) is 12.8 Å². The monoisotopic (exact) mass is 402 g/mol. The molecule has 0 unspecified atom stereocenters. The fourth-order valence-corrected chi connectivity index (χ4v) is 2.35. The molecule has 1 N–H and O–H groups in total. The van der Waals surface area contributed by atoms with Gasteiger partial charge in [0.1, 0.15) is 0 Å². The molecule has 0 atom stereocenters. The Bertz CT molecular complexity index is 415. The number of carboxylic acids is 1. The molecule has 0 aromatic rings. The zero-order valence-corrected chi connectivity index (χ0v) is 18.4. The minimum atomic E-state index is -5.17. The summed E-state index contributed by atoms with van der Waals surface area (Å²) < 4.78 is 34.1. The summed E-state index contributed by atoms with van der Waals surface area (Å²) in [5.74, 6) is -0.664. The van der Waals surface area contributed by atoms with E-state index in [9.17, 15) is 4.79 Å². The third kappa shape index (κ3) is 43.9. The Morgan fingerprint density at radius 1 is 0.808 bits per heavy atom. The quantitative estimate of drug-likeness (QED) is 0.143. The third-order valence-corrected chi connectivity index (χ3v) is 3.65. The Balaban J connectivity index is -0.000000772. The van der Waals surface area contributed by atoms with Crippen LogP contribution in [0.25, 0.3) is 0 Å². The van der Waals surface area contributed by atoms with Gasteiger partial charge in [-0.25, -0.2) is 0 Å². The van der Waals surface area contributed by atoms with E-state index in [1.165, 1.54) is 70.6 Å². The van der Waals surface area contributed by atoms with Crippen molar-refractivity contribution in [1.82, 2.24) is 0 Å². The molecule has 0 spiro atoms. The van der Waals surface area contributed by atoms with Crippen LogP contribution >= 0.6 is 0 Å². The second kappa shape index (κ2) is 22.9. The molecule has 0 amide bonds. The molecule has 0 radical (unpaired) electrons. The van der Waals surface area contributed by atoms with Gasteiger partial charge in [0.05, 0.1) is 0 Å². The van der Waals surface area contributed by atoms with Crippen molar-refractivity contribution in [2.75, 3.05) is 0 Å². The topological polar surface area (TPSA) is 118 Å². The first kappa shape index (κ1) is 30.6. The predicted molar refractivity (Wildman–Crippen MR) is 103 cm³/mol. The van der Waals surface area contributed by atoms with Gasteiger partial charge < -0.3 is 14.2 Å². The van der Waals surface area contributed by atoms with Crippen molar-refractivity contribution in [2.45, 2.75) is 96.8 Å². The largest absolute Gasteiger partial charge is 2.00 e. The molecule has 0 saturated heterocycles. The van der Waals surface area contributed by atoms with Gasteiger partial charge in [-0.3, -0.25) is 13.2 Å². The van der Waals surface area contributed by atoms with Crippen molar-refractivity contribution < 1.29 is 27.4 Å². The minimum absolute atomic E-state index is 0. The van der Waals surface area contributed by atoms with Crippen LogP contribution in [0.5, 0.6) is 0 Å². The molecule has 26 heavy (non-hydrogen) atoms. The third-order valence-electron chi connectivity index (χ3n) is 3.65. The summed E-state index contributed by atoms with van der Waals surface area (Å²) in [6, 6.07) is 0. The summed E-state index contributed by atoms with van der Waals surface area (Å²) in [6.45, 7) is 2.26. The second-order valence-electron chi connectivity index (χ2n) is 6.14. The maximum absolute atomic E-state index is 10.3. The van der Waals surface area contributed by atoms with E-state index in [4.69, 9.17) is 22.6 Å². The van der Waals surface area contributed by atoms with Crippen molar-refractivity contribution in [3.8, 4) is 0 Å². The molecule has 0 aliphatic heterocycles. The van der Waals surface area contributed by atoms with E-state index in [1.807, 2.05) is 0 Å². The van der Waals surface area contributed by atoms with Crippen molar-refractivity contribution in [2.24, 2.45) is 0 Å². The van der Waals surface area contributed by atoms with Gasteiger partial charge in [0.25, 0.3) is 0 Å². The van der Waals surface area contributed by atoms with Crippen LogP contribution in [-0.4, -0.2) is 51.7 Å². The van der Waals surface area contributed by atoms with Gasteiger partial charge >= 0.3 is 29.0 Å². The number of hydrogen-bond acceptors (Lipinski definition) is 5. The molecule has 0 heterocycles. The number of aliphatic carboxylic acids is 1. The molecule has 0 fully saturated rings. The van der Waals surface area contributed by atoms with Gasteiger partial charge in [0.15, 0.2) is 0 Å². The minimum Gasteiger partial charge on any atom is -0.759 e. The molecule has 0 rings (SSSR count). The molecule has 0 aliphatic carbocycles. The molecule has 0 aliphatic rings. The maximum Gasteiger partial charge on any atom is 2.00 e. The smallest absolute Gasteiger partial charge is 0.759 e. The standard InChI is InChI=1S/C18H34O2.Mg.H2O4S/c1-2-3-4-5-6-7-8-9-10-11-12-13-14-15-16-17-18(19)20;;1-5(2,3)4/h9-10H,2-8,11-17H2,1H3,(H,19,20);;(H2,1,2,3,4)/q;+2;/p-2. The summed E-state index contributed by atoms with van der Waals surface area (Å²) in [7, 11) is -5.17. The summed E-state index contributed by atoms with van der Waals surface area (Å²) in [5.41, 5.74) is 0. The maximum atomic E-state index is 10.3. The van der Waals surface area contributed by atoms with E-state index in [2.05, 4.69) is 19.1 Å². The number of carbonyl (C=O) groups is 1. The summed E-state index contributed by atoms with van der Waals surface area (Å²) >= 11 is 0. The van der Waals surface area contributed by atoms with Crippen molar-refractivity contribution in [3.63, 3.8) is 0 Å². The Kier molecular flexibility index (Phi) is 26.9. The second-order valence-corrected chi connectivity index (χ2v) is 6.95. The van der Waals surface area contributed by atoms with Crippen LogP contribution in [0.2, 0.25) is 0 Å². The van der Waals surface area contributed by atoms with Gasteiger partial charge in [-0.1, -0.05) is 70.4 Å². The fraction of sp³-hybridized carbons (Fsp3) is 0.833. The predicted octanol–water partition coefficient (Wildman–Crippen LogP) is 4.39. The Morgan fingerprint density at radius 3 is 1.54 bits per heavy atom. The van der Waals surface area contributed by atoms with Gasteiger partial charge in [-0.05, 0) is 32.1 Å².